The average molecular weight is 380 g/mol. The van der Waals surface area contributed by atoms with Crippen molar-refractivity contribution in [3.63, 3.8) is 0 Å². The third kappa shape index (κ3) is 4.92. The highest BCUT2D eigenvalue weighted by atomic mass is 35.5. The lowest BCUT2D eigenvalue weighted by Gasteiger charge is -2.06. The lowest BCUT2D eigenvalue weighted by Crippen LogP contribution is -2.24. The van der Waals surface area contributed by atoms with Gasteiger partial charge in [0.1, 0.15) is 6.42 Å². The van der Waals surface area contributed by atoms with Crippen molar-refractivity contribution < 1.29 is 9.59 Å². The van der Waals surface area contributed by atoms with Crippen LogP contribution in [0.25, 0.3) is 10.8 Å². The summed E-state index contributed by atoms with van der Waals surface area (Å²) in [5.41, 5.74) is 4.71. The fraction of sp³-hybridized carbons (Fsp3) is 0.0952. The van der Waals surface area contributed by atoms with Crippen LogP contribution in [0.3, 0.4) is 0 Å². The molecule has 3 aromatic rings. The topological polar surface area (TPSA) is 70.6 Å². The van der Waals surface area contributed by atoms with Crippen LogP contribution in [0.5, 0.6) is 0 Å². The molecule has 0 saturated heterocycles. The number of benzene rings is 3. The van der Waals surface area contributed by atoms with Gasteiger partial charge in [-0.05, 0) is 35.4 Å². The molecule has 0 fully saturated rings. The van der Waals surface area contributed by atoms with Crippen molar-refractivity contribution in [1.29, 1.82) is 0 Å². The standard InChI is InChI=1S/C21H18ClN3O2/c1-14-9-10-17(11-19(14)22)24-20(26)12-21(27)25-23-13-16-7-4-6-15-5-2-3-8-18(15)16/h2-11,13H,12H2,1H3,(H,24,26)(H,25,27). The molecule has 0 atom stereocenters. The fourth-order valence-electron chi connectivity index (χ4n) is 2.60. The summed E-state index contributed by atoms with van der Waals surface area (Å²) in [4.78, 5) is 23.9. The highest BCUT2D eigenvalue weighted by molar-refractivity contribution is 6.31. The van der Waals surface area contributed by atoms with Crippen molar-refractivity contribution >= 4 is 46.1 Å². The molecule has 0 saturated carbocycles. The van der Waals surface area contributed by atoms with E-state index in [1.165, 1.54) is 0 Å². The lowest BCUT2D eigenvalue weighted by molar-refractivity contribution is -0.126. The van der Waals surface area contributed by atoms with Gasteiger partial charge >= 0.3 is 0 Å². The molecule has 3 rings (SSSR count). The van der Waals surface area contributed by atoms with Gasteiger partial charge in [-0.2, -0.15) is 5.10 Å². The first kappa shape index (κ1) is 18.6. The minimum Gasteiger partial charge on any atom is -0.326 e. The number of carbonyl (C=O) groups is 2. The Balaban J connectivity index is 1.56. The van der Waals surface area contributed by atoms with E-state index < -0.39 is 11.8 Å². The summed E-state index contributed by atoms with van der Waals surface area (Å²) in [6, 6.07) is 18.9. The monoisotopic (exact) mass is 379 g/mol. The number of hydrogen-bond acceptors (Lipinski definition) is 3. The van der Waals surface area contributed by atoms with E-state index in [0.717, 1.165) is 21.9 Å². The van der Waals surface area contributed by atoms with Gasteiger partial charge in [0, 0.05) is 16.3 Å². The number of aryl methyl sites for hydroxylation is 1. The molecule has 3 aromatic carbocycles. The van der Waals surface area contributed by atoms with Gasteiger partial charge in [0.15, 0.2) is 0 Å². The zero-order valence-electron chi connectivity index (χ0n) is 14.7. The summed E-state index contributed by atoms with van der Waals surface area (Å²) >= 11 is 6.02. The molecule has 0 aliphatic carbocycles. The maximum Gasteiger partial charge on any atom is 0.249 e. The Bertz CT molecular complexity index is 1030. The minimum atomic E-state index is -0.498. The van der Waals surface area contributed by atoms with E-state index >= 15 is 0 Å². The summed E-state index contributed by atoms with van der Waals surface area (Å²) in [6.07, 6.45) is 1.23. The van der Waals surface area contributed by atoms with E-state index in [2.05, 4.69) is 15.8 Å². The number of nitrogens with one attached hydrogen (secondary N) is 2. The zero-order chi connectivity index (χ0) is 19.2. The van der Waals surface area contributed by atoms with Gasteiger partial charge in [-0.3, -0.25) is 9.59 Å². The number of nitrogens with zero attached hydrogens (tertiary/aromatic N) is 1. The van der Waals surface area contributed by atoms with Crippen LogP contribution in [0.2, 0.25) is 5.02 Å². The minimum absolute atomic E-state index is 0.335. The first-order chi connectivity index (χ1) is 13.0. The quantitative estimate of drug-likeness (QED) is 0.394. The van der Waals surface area contributed by atoms with Crippen LogP contribution in [0.15, 0.2) is 65.8 Å². The number of halogens is 1. The molecule has 0 unspecified atom stereocenters. The van der Waals surface area contributed by atoms with Crippen molar-refractivity contribution in [3.05, 3.63) is 76.8 Å². The molecule has 0 aliphatic heterocycles. The lowest BCUT2D eigenvalue weighted by atomic mass is 10.1. The fourth-order valence-corrected chi connectivity index (χ4v) is 2.78. The Morgan fingerprint density at radius 2 is 1.81 bits per heavy atom. The number of fused-ring (bicyclic) bond motifs is 1. The second-order valence-electron chi connectivity index (χ2n) is 6.05. The van der Waals surface area contributed by atoms with Gasteiger partial charge in [-0.1, -0.05) is 60.1 Å². The molecule has 0 spiro atoms. The molecule has 5 nitrogen and oxygen atoms in total. The van der Waals surface area contributed by atoms with Crippen molar-refractivity contribution in [2.75, 3.05) is 5.32 Å². The number of rotatable bonds is 5. The maximum absolute atomic E-state index is 12.0. The molecule has 0 bridgehead atoms. The van der Waals surface area contributed by atoms with Gasteiger partial charge in [-0.25, -0.2) is 5.43 Å². The highest BCUT2D eigenvalue weighted by Crippen LogP contribution is 2.20. The molecule has 27 heavy (non-hydrogen) atoms. The summed E-state index contributed by atoms with van der Waals surface area (Å²) in [7, 11) is 0. The molecule has 0 aliphatic rings. The van der Waals surface area contributed by atoms with E-state index in [9.17, 15) is 9.59 Å². The van der Waals surface area contributed by atoms with Crippen LogP contribution in [0.4, 0.5) is 5.69 Å². The molecule has 0 radical (unpaired) electrons. The first-order valence-corrected chi connectivity index (χ1v) is 8.76. The van der Waals surface area contributed by atoms with Gasteiger partial charge in [-0.15, -0.1) is 0 Å². The van der Waals surface area contributed by atoms with E-state index in [0.29, 0.717) is 10.7 Å². The second-order valence-corrected chi connectivity index (χ2v) is 6.46. The Labute approximate surface area is 162 Å². The number of hydrogen-bond donors (Lipinski definition) is 2. The van der Waals surface area contributed by atoms with Crippen molar-refractivity contribution in [3.8, 4) is 0 Å². The Morgan fingerprint density at radius 3 is 2.63 bits per heavy atom. The molecule has 2 amide bonds. The molecular formula is C21H18ClN3O2. The first-order valence-electron chi connectivity index (χ1n) is 8.38. The van der Waals surface area contributed by atoms with Gasteiger partial charge in [0.05, 0.1) is 6.21 Å². The Morgan fingerprint density at radius 1 is 1.04 bits per heavy atom. The normalized spacial score (nSPS) is 10.9. The zero-order valence-corrected chi connectivity index (χ0v) is 15.5. The number of amides is 2. The number of hydrazone groups is 1. The molecular weight excluding hydrogens is 362 g/mol. The second kappa shape index (κ2) is 8.47. The maximum atomic E-state index is 12.0. The van der Waals surface area contributed by atoms with E-state index in [1.54, 1.807) is 24.4 Å². The van der Waals surface area contributed by atoms with Crippen LogP contribution in [-0.4, -0.2) is 18.0 Å². The molecule has 0 aromatic heterocycles. The van der Waals surface area contributed by atoms with E-state index in [4.69, 9.17) is 11.6 Å². The number of anilines is 1. The van der Waals surface area contributed by atoms with Crippen molar-refractivity contribution in [2.45, 2.75) is 13.3 Å². The van der Waals surface area contributed by atoms with E-state index in [1.807, 2.05) is 49.4 Å². The van der Waals surface area contributed by atoms with Crippen LogP contribution in [0, 0.1) is 6.92 Å². The molecule has 136 valence electrons. The predicted octanol–water partition coefficient (Wildman–Crippen LogP) is 4.28. The summed E-state index contributed by atoms with van der Waals surface area (Å²) in [5, 5.41) is 9.26. The Hall–Kier alpha value is -3.18. The summed E-state index contributed by atoms with van der Waals surface area (Å²) < 4.78 is 0. The van der Waals surface area contributed by atoms with Crippen molar-refractivity contribution in [2.24, 2.45) is 5.10 Å². The molecule has 2 N–H and O–H groups in total. The van der Waals surface area contributed by atoms with Crippen molar-refractivity contribution in [1.82, 2.24) is 5.43 Å². The third-order valence-corrected chi connectivity index (χ3v) is 4.40. The average Bonchev–Trinajstić information content (AvgIpc) is 2.65. The smallest absolute Gasteiger partial charge is 0.249 e. The SMILES string of the molecule is Cc1ccc(NC(=O)CC(=O)NN=Cc2cccc3ccccc23)cc1Cl. The van der Waals surface area contributed by atoms with E-state index in [-0.39, 0.29) is 6.42 Å². The molecule has 6 heteroatoms. The Kier molecular flexibility index (Phi) is 5.84. The van der Waals surface area contributed by atoms with Gasteiger partial charge in [0.2, 0.25) is 11.8 Å². The van der Waals surface area contributed by atoms with Crippen LogP contribution >= 0.6 is 11.6 Å². The summed E-state index contributed by atoms with van der Waals surface area (Å²) in [6.45, 7) is 1.87. The predicted molar refractivity (Wildman–Crippen MR) is 109 cm³/mol. The number of carbonyl (C=O) groups excluding carboxylic acids is 2. The summed E-state index contributed by atoms with van der Waals surface area (Å²) in [5.74, 6) is -0.935. The van der Waals surface area contributed by atoms with Gasteiger partial charge in [0.25, 0.3) is 0 Å². The van der Waals surface area contributed by atoms with Crippen LogP contribution in [-0.2, 0) is 9.59 Å². The van der Waals surface area contributed by atoms with Gasteiger partial charge < -0.3 is 5.32 Å². The van der Waals surface area contributed by atoms with Crippen LogP contribution in [0.1, 0.15) is 17.5 Å². The highest BCUT2D eigenvalue weighted by Gasteiger charge is 2.09. The third-order valence-electron chi connectivity index (χ3n) is 3.99. The van der Waals surface area contributed by atoms with Crippen LogP contribution < -0.4 is 10.7 Å². The largest absolute Gasteiger partial charge is 0.326 e. The molecule has 0 heterocycles.